The highest BCUT2D eigenvalue weighted by atomic mass is 19.4. The Bertz CT molecular complexity index is 846. The van der Waals surface area contributed by atoms with Gasteiger partial charge in [0.2, 0.25) is 0 Å². The van der Waals surface area contributed by atoms with Crippen LogP contribution in [0.1, 0.15) is 12.5 Å². The molecule has 0 spiro atoms. The van der Waals surface area contributed by atoms with Crippen LogP contribution in [0.25, 0.3) is 6.08 Å². The van der Waals surface area contributed by atoms with Gasteiger partial charge in [0.1, 0.15) is 11.6 Å². The lowest BCUT2D eigenvalue weighted by Crippen LogP contribution is -2.29. The van der Waals surface area contributed by atoms with Gasteiger partial charge in [-0.05, 0) is 55.0 Å². The number of rotatable bonds is 6. The number of ether oxygens (including phenoxy) is 2. The van der Waals surface area contributed by atoms with Crippen molar-refractivity contribution >= 4 is 23.6 Å². The zero-order chi connectivity index (χ0) is 20.7. The van der Waals surface area contributed by atoms with Gasteiger partial charge in [0.05, 0.1) is 0 Å². The molecule has 0 aliphatic heterocycles. The van der Waals surface area contributed by atoms with Gasteiger partial charge in [-0.25, -0.2) is 9.18 Å². The predicted molar refractivity (Wildman–Crippen MR) is 92.7 cm³/mol. The Balaban J connectivity index is 1.86. The largest absolute Gasteiger partial charge is 0.573 e. The molecule has 2 aromatic rings. The van der Waals surface area contributed by atoms with E-state index in [1.165, 1.54) is 49.4 Å². The van der Waals surface area contributed by atoms with Crippen LogP contribution in [0.15, 0.2) is 54.6 Å². The maximum absolute atomic E-state index is 12.8. The van der Waals surface area contributed by atoms with Crippen molar-refractivity contribution in [2.75, 3.05) is 5.32 Å². The number of nitrogens with one attached hydrogen (secondary N) is 1. The van der Waals surface area contributed by atoms with Crippen molar-refractivity contribution in [2.24, 2.45) is 0 Å². The predicted octanol–water partition coefficient (Wildman–Crippen LogP) is 4.31. The number of hydrogen-bond donors (Lipinski definition) is 1. The van der Waals surface area contributed by atoms with E-state index in [-0.39, 0.29) is 0 Å². The third kappa shape index (κ3) is 7.10. The molecule has 9 heteroatoms. The summed E-state index contributed by atoms with van der Waals surface area (Å²) in [7, 11) is 0. The van der Waals surface area contributed by atoms with Crippen molar-refractivity contribution in [3.05, 3.63) is 66.0 Å². The van der Waals surface area contributed by atoms with Gasteiger partial charge in [0.25, 0.3) is 5.91 Å². The minimum absolute atomic E-state index is 0.339. The van der Waals surface area contributed by atoms with E-state index in [4.69, 9.17) is 4.74 Å². The minimum Gasteiger partial charge on any atom is -0.449 e. The fourth-order valence-corrected chi connectivity index (χ4v) is 1.99. The van der Waals surface area contributed by atoms with Crippen LogP contribution >= 0.6 is 0 Å². The van der Waals surface area contributed by atoms with Gasteiger partial charge < -0.3 is 14.8 Å². The molecule has 5 nitrogen and oxygen atoms in total. The van der Waals surface area contributed by atoms with Gasteiger partial charge in [-0.1, -0.05) is 12.1 Å². The first-order valence-electron chi connectivity index (χ1n) is 7.93. The normalized spacial score (nSPS) is 12.5. The van der Waals surface area contributed by atoms with Crippen molar-refractivity contribution in [3.63, 3.8) is 0 Å². The smallest absolute Gasteiger partial charge is 0.449 e. The number of halogens is 4. The summed E-state index contributed by atoms with van der Waals surface area (Å²) in [4.78, 5) is 23.7. The second-order valence-electron chi connectivity index (χ2n) is 5.53. The quantitative estimate of drug-likeness (QED) is 0.448. The van der Waals surface area contributed by atoms with Crippen LogP contribution in [0.3, 0.4) is 0 Å². The van der Waals surface area contributed by atoms with Crippen molar-refractivity contribution < 1.29 is 36.6 Å². The Labute approximate surface area is 157 Å². The summed E-state index contributed by atoms with van der Waals surface area (Å²) >= 11 is 0. The minimum atomic E-state index is -4.79. The molecule has 148 valence electrons. The molecule has 0 saturated heterocycles. The molecule has 1 N–H and O–H groups in total. The number of alkyl halides is 3. The molecule has 0 aliphatic carbocycles. The Kier molecular flexibility index (Phi) is 6.75. The molecule has 0 saturated carbocycles. The Morgan fingerprint density at radius 2 is 1.64 bits per heavy atom. The van der Waals surface area contributed by atoms with E-state index in [2.05, 4.69) is 10.1 Å². The molecule has 0 radical (unpaired) electrons. The van der Waals surface area contributed by atoms with Crippen LogP contribution in [-0.2, 0) is 14.3 Å². The molecule has 0 unspecified atom stereocenters. The molecule has 2 aromatic carbocycles. The summed E-state index contributed by atoms with van der Waals surface area (Å²) < 4.78 is 57.8. The molecule has 0 aliphatic rings. The lowest BCUT2D eigenvalue weighted by Gasteiger charge is -2.12. The van der Waals surface area contributed by atoms with Crippen LogP contribution in [0.4, 0.5) is 23.2 Å². The summed E-state index contributed by atoms with van der Waals surface area (Å²) in [6.45, 7) is 1.36. The summed E-state index contributed by atoms with van der Waals surface area (Å²) in [5, 5.41) is 2.46. The maximum atomic E-state index is 12.8. The van der Waals surface area contributed by atoms with Gasteiger partial charge >= 0.3 is 12.3 Å². The molecular formula is C19H15F4NO4. The number of anilines is 1. The fourth-order valence-electron chi connectivity index (χ4n) is 1.99. The molecule has 0 fully saturated rings. The van der Waals surface area contributed by atoms with Gasteiger partial charge in [0, 0.05) is 11.8 Å². The fraction of sp³-hybridized carbons (Fsp3) is 0.158. The number of esters is 1. The van der Waals surface area contributed by atoms with Crippen molar-refractivity contribution in [1.29, 1.82) is 0 Å². The van der Waals surface area contributed by atoms with E-state index >= 15 is 0 Å². The number of carbonyl (C=O) groups is 2. The zero-order valence-electron chi connectivity index (χ0n) is 14.5. The average molecular weight is 397 g/mol. The topological polar surface area (TPSA) is 64.6 Å². The molecule has 1 amide bonds. The molecular weight excluding hydrogens is 382 g/mol. The Morgan fingerprint density at radius 1 is 1.04 bits per heavy atom. The lowest BCUT2D eigenvalue weighted by molar-refractivity contribution is -0.274. The monoisotopic (exact) mass is 397 g/mol. The highest BCUT2D eigenvalue weighted by molar-refractivity contribution is 5.96. The van der Waals surface area contributed by atoms with E-state index in [1.54, 1.807) is 0 Å². The summed E-state index contributed by atoms with van der Waals surface area (Å²) in [6.07, 6.45) is -3.57. The third-order valence-electron chi connectivity index (χ3n) is 3.30. The standard InChI is InChI=1S/C19H15F4NO4/c1-12(18(26)24-15-7-5-14(20)6-8-15)27-17(25)11-4-13-2-9-16(10-3-13)28-19(21,22)23/h2-12H,1H3,(H,24,26)/b11-4+/t12-/m1/s1. The first-order valence-corrected chi connectivity index (χ1v) is 7.93. The number of benzene rings is 2. The molecule has 2 rings (SSSR count). The van der Waals surface area contributed by atoms with Crippen molar-refractivity contribution in [2.45, 2.75) is 19.4 Å². The molecule has 28 heavy (non-hydrogen) atoms. The Hall–Kier alpha value is -3.36. The highest BCUT2D eigenvalue weighted by Crippen LogP contribution is 2.23. The molecule has 0 aromatic heterocycles. The van der Waals surface area contributed by atoms with Crippen LogP contribution < -0.4 is 10.1 Å². The van der Waals surface area contributed by atoms with E-state index in [9.17, 15) is 27.2 Å². The average Bonchev–Trinajstić information content (AvgIpc) is 2.61. The van der Waals surface area contributed by atoms with E-state index in [0.29, 0.717) is 11.3 Å². The number of carbonyl (C=O) groups excluding carboxylic acids is 2. The van der Waals surface area contributed by atoms with Crippen molar-refractivity contribution in [3.8, 4) is 5.75 Å². The highest BCUT2D eigenvalue weighted by Gasteiger charge is 2.30. The van der Waals surface area contributed by atoms with Crippen molar-refractivity contribution in [1.82, 2.24) is 0 Å². The van der Waals surface area contributed by atoms with Gasteiger partial charge in [-0.2, -0.15) is 0 Å². The van der Waals surface area contributed by atoms with E-state index in [0.717, 1.165) is 18.2 Å². The van der Waals surface area contributed by atoms with Crippen LogP contribution in [0.2, 0.25) is 0 Å². The SMILES string of the molecule is C[C@@H](OC(=O)/C=C/c1ccc(OC(F)(F)F)cc1)C(=O)Nc1ccc(F)cc1. The summed E-state index contributed by atoms with van der Waals surface area (Å²) in [6, 6.07) is 9.86. The van der Waals surface area contributed by atoms with E-state index < -0.39 is 35.9 Å². The van der Waals surface area contributed by atoms with Gasteiger partial charge in [-0.3, -0.25) is 4.79 Å². The zero-order valence-corrected chi connectivity index (χ0v) is 14.5. The molecule has 0 bridgehead atoms. The number of amides is 1. The van der Waals surface area contributed by atoms with Crippen LogP contribution in [-0.4, -0.2) is 24.3 Å². The second-order valence-corrected chi connectivity index (χ2v) is 5.53. The third-order valence-corrected chi connectivity index (χ3v) is 3.30. The molecule has 0 heterocycles. The number of hydrogen-bond acceptors (Lipinski definition) is 4. The summed E-state index contributed by atoms with van der Waals surface area (Å²) in [5.74, 6) is -2.28. The molecule has 1 atom stereocenters. The maximum Gasteiger partial charge on any atom is 0.573 e. The van der Waals surface area contributed by atoms with Gasteiger partial charge in [0.15, 0.2) is 6.10 Å². The van der Waals surface area contributed by atoms with Crippen LogP contribution in [0, 0.1) is 5.82 Å². The first kappa shape index (κ1) is 20.9. The van der Waals surface area contributed by atoms with Gasteiger partial charge in [-0.15, -0.1) is 13.2 Å². The lowest BCUT2D eigenvalue weighted by atomic mass is 10.2. The Morgan fingerprint density at radius 3 is 2.21 bits per heavy atom. The first-order chi connectivity index (χ1) is 13.1. The summed E-state index contributed by atoms with van der Waals surface area (Å²) in [5.41, 5.74) is 0.765. The van der Waals surface area contributed by atoms with Crippen LogP contribution in [0.5, 0.6) is 5.75 Å². The second kappa shape index (κ2) is 9.03. The van der Waals surface area contributed by atoms with E-state index in [1.807, 2.05) is 0 Å².